The van der Waals surface area contributed by atoms with E-state index in [-0.39, 0.29) is 18.5 Å². The summed E-state index contributed by atoms with van der Waals surface area (Å²) < 4.78 is 5.14. The second kappa shape index (κ2) is 8.56. The van der Waals surface area contributed by atoms with Gasteiger partial charge in [0, 0.05) is 11.7 Å². The van der Waals surface area contributed by atoms with Gasteiger partial charge in [0.1, 0.15) is 6.61 Å². The maximum absolute atomic E-state index is 11.3. The average molecular weight is 251 g/mol. The number of carbonyl (C=O) groups excluding carboxylic acids is 1. The lowest BCUT2D eigenvalue weighted by Gasteiger charge is -2.09. The third kappa shape index (κ3) is 7.71. The van der Waals surface area contributed by atoms with Crippen molar-refractivity contribution in [1.29, 1.82) is 0 Å². The Labute approximate surface area is 111 Å². The first-order chi connectivity index (χ1) is 8.36. The van der Waals surface area contributed by atoms with Crippen LogP contribution >= 0.6 is 0 Å². The molecule has 1 N–H and O–H groups in total. The van der Waals surface area contributed by atoms with Crippen LogP contribution in [-0.4, -0.2) is 18.6 Å². The number of hydrogen-bond acceptors (Lipinski definition) is 3. The highest BCUT2D eigenvalue weighted by molar-refractivity contribution is 5.71. The van der Waals surface area contributed by atoms with Gasteiger partial charge in [-0.15, -0.1) is 0 Å². The van der Waals surface area contributed by atoms with Crippen molar-refractivity contribution in [2.45, 2.75) is 40.7 Å². The minimum Gasteiger partial charge on any atom is -0.461 e. The summed E-state index contributed by atoms with van der Waals surface area (Å²) in [5, 5.41) is 3.28. The van der Waals surface area contributed by atoms with E-state index in [1.54, 1.807) is 6.08 Å². The van der Waals surface area contributed by atoms with Crippen molar-refractivity contribution in [1.82, 2.24) is 5.32 Å². The molecule has 102 valence electrons. The second-order valence-corrected chi connectivity index (χ2v) is 4.86. The van der Waals surface area contributed by atoms with Crippen LogP contribution in [0.3, 0.4) is 0 Å². The first-order valence-electron chi connectivity index (χ1n) is 6.29. The molecule has 0 amide bonds. The van der Waals surface area contributed by atoms with Crippen LogP contribution in [0.2, 0.25) is 0 Å². The lowest BCUT2D eigenvalue weighted by Crippen LogP contribution is -2.20. The number of nitrogens with one attached hydrogen (secondary N) is 1. The summed E-state index contributed by atoms with van der Waals surface area (Å²) in [5.74, 6) is -0.292. The third-order valence-corrected chi connectivity index (χ3v) is 2.18. The van der Waals surface area contributed by atoms with E-state index >= 15 is 0 Å². The van der Waals surface area contributed by atoms with Gasteiger partial charge in [-0.05, 0) is 32.4 Å². The topological polar surface area (TPSA) is 38.3 Å². The molecule has 0 aliphatic rings. The van der Waals surface area contributed by atoms with E-state index in [9.17, 15) is 4.79 Å². The van der Waals surface area contributed by atoms with Gasteiger partial charge in [-0.1, -0.05) is 32.6 Å². The van der Waals surface area contributed by atoms with Crippen LogP contribution in [0.25, 0.3) is 0 Å². The van der Waals surface area contributed by atoms with Gasteiger partial charge in [0.25, 0.3) is 0 Å². The fourth-order valence-electron chi connectivity index (χ4n) is 1.23. The summed E-state index contributed by atoms with van der Waals surface area (Å²) in [7, 11) is 0. The van der Waals surface area contributed by atoms with E-state index in [0.29, 0.717) is 6.04 Å². The van der Waals surface area contributed by atoms with Gasteiger partial charge in [0.2, 0.25) is 0 Å². The van der Waals surface area contributed by atoms with Crippen molar-refractivity contribution >= 4 is 5.97 Å². The first kappa shape index (κ1) is 16.5. The van der Waals surface area contributed by atoms with Crippen LogP contribution in [0.15, 0.2) is 36.1 Å². The maximum Gasteiger partial charge on any atom is 0.308 e. The lowest BCUT2D eigenvalue weighted by molar-refractivity contribution is -0.146. The van der Waals surface area contributed by atoms with Crippen molar-refractivity contribution in [2.75, 3.05) is 6.61 Å². The van der Waals surface area contributed by atoms with E-state index in [2.05, 4.69) is 25.7 Å². The standard InChI is InChI=1S/C15H25NO2/c1-7-14(10-18-15(17)11(2)3)9-8-13(6)16-12(4)5/h7-9,11-12,16H,1,10H2,2-6H3/b13-8+,14-9+. The van der Waals surface area contributed by atoms with E-state index in [4.69, 9.17) is 4.74 Å². The Kier molecular flexibility index (Phi) is 7.84. The van der Waals surface area contributed by atoms with Gasteiger partial charge in [-0.2, -0.15) is 0 Å². The van der Waals surface area contributed by atoms with Crippen LogP contribution in [0.1, 0.15) is 34.6 Å². The molecule has 0 aromatic rings. The molecule has 0 radical (unpaired) electrons. The number of allylic oxidation sites excluding steroid dienone is 3. The number of hydrogen-bond donors (Lipinski definition) is 1. The molecule has 0 aromatic heterocycles. The zero-order chi connectivity index (χ0) is 14.1. The van der Waals surface area contributed by atoms with E-state index < -0.39 is 0 Å². The molecular formula is C15H25NO2. The molecule has 0 bridgehead atoms. The van der Waals surface area contributed by atoms with Gasteiger partial charge in [0.05, 0.1) is 5.92 Å². The number of esters is 1. The molecule has 0 saturated heterocycles. The Hall–Kier alpha value is -1.51. The first-order valence-corrected chi connectivity index (χ1v) is 6.29. The van der Waals surface area contributed by atoms with Crippen LogP contribution in [0.4, 0.5) is 0 Å². The Morgan fingerprint density at radius 2 is 1.89 bits per heavy atom. The summed E-state index contributed by atoms with van der Waals surface area (Å²) in [4.78, 5) is 11.3. The van der Waals surface area contributed by atoms with Crippen molar-refractivity contribution in [2.24, 2.45) is 5.92 Å². The van der Waals surface area contributed by atoms with Crippen LogP contribution in [-0.2, 0) is 9.53 Å². The van der Waals surface area contributed by atoms with Crippen molar-refractivity contribution in [3.63, 3.8) is 0 Å². The highest BCUT2D eigenvalue weighted by Crippen LogP contribution is 2.03. The average Bonchev–Trinajstić information content (AvgIpc) is 2.27. The fourth-order valence-corrected chi connectivity index (χ4v) is 1.23. The Morgan fingerprint density at radius 3 is 2.33 bits per heavy atom. The van der Waals surface area contributed by atoms with Crippen LogP contribution < -0.4 is 5.32 Å². The normalized spacial score (nSPS) is 12.8. The van der Waals surface area contributed by atoms with Crippen molar-refractivity contribution < 1.29 is 9.53 Å². The summed E-state index contributed by atoms with van der Waals surface area (Å²) >= 11 is 0. The van der Waals surface area contributed by atoms with E-state index in [1.807, 2.05) is 32.9 Å². The van der Waals surface area contributed by atoms with Gasteiger partial charge in [-0.3, -0.25) is 4.79 Å². The molecule has 0 aromatic carbocycles. The molecule has 0 heterocycles. The zero-order valence-electron chi connectivity index (χ0n) is 12.1. The van der Waals surface area contributed by atoms with Gasteiger partial charge >= 0.3 is 5.97 Å². The molecule has 0 saturated carbocycles. The number of carbonyl (C=O) groups is 1. The third-order valence-electron chi connectivity index (χ3n) is 2.18. The molecule has 0 fully saturated rings. The van der Waals surface area contributed by atoms with Gasteiger partial charge < -0.3 is 10.1 Å². The number of rotatable bonds is 7. The van der Waals surface area contributed by atoms with Gasteiger partial charge in [0.15, 0.2) is 0 Å². The molecule has 18 heavy (non-hydrogen) atoms. The fraction of sp³-hybridized carbons (Fsp3) is 0.533. The lowest BCUT2D eigenvalue weighted by atomic mass is 10.2. The molecular weight excluding hydrogens is 226 g/mol. The quantitative estimate of drug-likeness (QED) is 0.558. The molecule has 3 heteroatoms. The van der Waals surface area contributed by atoms with Gasteiger partial charge in [-0.25, -0.2) is 0 Å². The zero-order valence-corrected chi connectivity index (χ0v) is 12.1. The van der Waals surface area contributed by atoms with Crippen LogP contribution in [0.5, 0.6) is 0 Å². The van der Waals surface area contributed by atoms with Crippen molar-refractivity contribution in [3.8, 4) is 0 Å². The molecule has 3 nitrogen and oxygen atoms in total. The maximum atomic E-state index is 11.3. The number of ether oxygens (including phenoxy) is 1. The summed E-state index contributed by atoms with van der Waals surface area (Å²) in [6, 6.07) is 0.403. The molecule has 0 aliphatic heterocycles. The minimum atomic E-state index is -0.191. The summed E-state index contributed by atoms with van der Waals surface area (Å²) in [6.07, 6.45) is 5.57. The Balaban J connectivity index is 4.41. The largest absolute Gasteiger partial charge is 0.461 e. The Morgan fingerprint density at radius 1 is 1.28 bits per heavy atom. The molecule has 0 unspecified atom stereocenters. The molecule has 0 spiro atoms. The highest BCUT2D eigenvalue weighted by atomic mass is 16.5. The smallest absolute Gasteiger partial charge is 0.308 e. The molecule has 0 rings (SSSR count). The monoisotopic (exact) mass is 251 g/mol. The SMILES string of the molecule is C=C/C(=C\C=C(/C)NC(C)C)COC(=O)C(C)C. The predicted molar refractivity (Wildman–Crippen MR) is 76.1 cm³/mol. The second-order valence-electron chi connectivity index (χ2n) is 4.86. The summed E-state index contributed by atoms with van der Waals surface area (Å²) in [5.41, 5.74) is 1.95. The molecule has 0 atom stereocenters. The van der Waals surface area contributed by atoms with E-state index in [0.717, 1.165) is 11.3 Å². The Bertz CT molecular complexity index is 338. The van der Waals surface area contributed by atoms with Crippen LogP contribution in [0, 0.1) is 5.92 Å². The molecule has 0 aliphatic carbocycles. The van der Waals surface area contributed by atoms with E-state index in [1.165, 1.54) is 0 Å². The summed E-state index contributed by atoms with van der Waals surface area (Å²) in [6.45, 7) is 13.8. The minimum absolute atomic E-state index is 0.101. The van der Waals surface area contributed by atoms with Crippen molar-refractivity contribution in [3.05, 3.63) is 36.1 Å². The highest BCUT2D eigenvalue weighted by Gasteiger charge is 2.07. The predicted octanol–water partition coefficient (Wildman–Crippen LogP) is 3.20.